The molecule has 0 unspecified atom stereocenters. The van der Waals surface area contributed by atoms with Crippen molar-refractivity contribution in [3.63, 3.8) is 0 Å². The number of ether oxygens (including phenoxy) is 2. The lowest BCUT2D eigenvalue weighted by atomic mass is 10.0. The average Bonchev–Trinajstić information content (AvgIpc) is 2.74. The molecular weight excluding hydrogens is 340 g/mol. The van der Waals surface area contributed by atoms with Crippen LogP contribution in [0, 0.1) is 0 Å². The van der Waals surface area contributed by atoms with E-state index in [1.807, 2.05) is 36.4 Å². The highest BCUT2D eigenvalue weighted by Gasteiger charge is 2.12. The Balaban J connectivity index is 1.69. The lowest BCUT2D eigenvalue weighted by Gasteiger charge is -2.17. The third kappa shape index (κ3) is 4.64. The molecule has 0 saturated heterocycles. The normalized spacial score (nSPS) is 10.8. The molecule has 0 aliphatic rings. The van der Waals surface area contributed by atoms with Crippen molar-refractivity contribution in [2.45, 2.75) is 12.8 Å². The third-order valence-electron chi connectivity index (χ3n) is 4.31. The molecule has 6 N–H and O–H groups in total. The van der Waals surface area contributed by atoms with Gasteiger partial charge in [0.25, 0.3) is 0 Å². The van der Waals surface area contributed by atoms with Crippen molar-refractivity contribution < 1.29 is 9.47 Å². The third-order valence-corrected chi connectivity index (χ3v) is 4.31. The van der Waals surface area contributed by atoms with E-state index in [0.29, 0.717) is 18.1 Å². The summed E-state index contributed by atoms with van der Waals surface area (Å²) in [7, 11) is 1.60. The van der Waals surface area contributed by atoms with Crippen LogP contribution in [0.2, 0.25) is 0 Å². The van der Waals surface area contributed by atoms with Crippen molar-refractivity contribution in [2.75, 3.05) is 7.11 Å². The fraction of sp³-hybridized carbons (Fsp3) is 0.143. The molecule has 3 aromatic rings. The number of nitrogens with two attached hydrogens (primary N) is 2. The molecule has 0 spiro atoms. The van der Waals surface area contributed by atoms with Gasteiger partial charge in [0.15, 0.2) is 11.5 Å². The van der Waals surface area contributed by atoms with Crippen molar-refractivity contribution >= 4 is 0 Å². The number of nitrogens with one attached hydrogen (secondary N) is 2. The maximum Gasteiger partial charge on any atom is 0.161 e. The zero-order valence-electron chi connectivity index (χ0n) is 15.2. The van der Waals surface area contributed by atoms with E-state index in [1.165, 1.54) is 11.1 Å². The Labute approximate surface area is 159 Å². The standard InChI is InChI=1S/C21H24N4O2/c1-26-20-13-18(21(24-22)25-23)11-12-19(20)27-14-15-7-9-17(10-8-15)16-5-3-2-4-6-16/h2-13,21,24-25H,14,22-23H2,1H3. The Kier molecular flexibility index (Phi) is 6.40. The molecule has 3 rings (SSSR count). The van der Waals surface area contributed by atoms with Crippen LogP contribution >= 0.6 is 0 Å². The highest BCUT2D eigenvalue weighted by molar-refractivity contribution is 5.63. The van der Waals surface area contributed by atoms with Crippen LogP contribution in [0.3, 0.4) is 0 Å². The second-order valence-corrected chi connectivity index (χ2v) is 6.03. The van der Waals surface area contributed by atoms with Crippen LogP contribution in [-0.4, -0.2) is 7.11 Å². The Morgan fingerprint density at radius 3 is 2.11 bits per heavy atom. The molecule has 0 radical (unpaired) electrons. The monoisotopic (exact) mass is 364 g/mol. The van der Waals surface area contributed by atoms with Gasteiger partial charge in [0.1, 0.15) is 12.8 Å². The first kappa shape index (κ1) is 18.9. The van der Waals surface area contributed by atoms with E-state index in [9.17, 15) is 0 Å². The first-order chi connectivity index (χ1) is 13.2. The van der Waals surface area contributed by atoms with Crippen LogP contribution in [0.15, 0.2) is 72.8 Å². The van der Waals surface area contributed by atoms with Gasteiger partial charge in [-0.15, -0.1) is 0 Å². The van der Waals surface area contributed by atoms with Gasteiger partial charge < -0.3 is 9.47 Å². The number of hydrogen-bond donors (Lipinski definition) is 4. The van der Waals surface area contributed by atoms with E-state index in [0.717, 1.165) is 11.1 Å². The minimum atomic E-state index is -0.376. The summed E-state index contributed by atoms with van der Waals surface area (Å²) in [6, 6.07) is 24.1. The highest BCUT2D eigenvalue weighted by atomic mass is 16.5. The van der Waals surface area contributed by atoms with Crippen LogP contribution in [0.25, 0.3) is 11.1 Å². The second kappa shape index (κ2) is 9.16. The Morgan fingerprint density at radius 1 is 0.815 bits per heavy atom. The molecule has 0 aliphatic heterocycles. The molecule has 3 aromatic carbocycles. The van der Waals surface area contributed by atoms with E-state index >= 15 is 0 Å². The zero-order chi connectivity index (χ0) is 19.1. The molecular formula is C21H24N4O2. The summed E-state index contributed by atoms with van der Waals surface area (Å²) in [5.41, 5.74) is 9.45. The fourth-order valence-corrected chi connectivity index (χ4v) is 2.81. The molecule has 0 atom stereocenters. The summed E-state index contributed by atoms with van der Waals surface area (Å²) in [5.74, 6) is 12.2. The van der Waals surface area contributed by atoms with Gasteiger partial charge in [-0.25, -0.2) is 10.9 Å². The average molecular weight is 364 g/mol. The second-order valence-electron chi connectivity index (χ2n) is 6.03. The molecule has 0 aromatic heterocycles. The predicted molar refractivity (Wildman–Crippen MR) is 107 cm³/mol. The zero-order valence-corrected chi connectivity index (χ0v) is 15.2. The highest BCUT2D eigenvalue weighted by Crippen LogP contribution is 2.30. The number of benzene rings is 3. The topological polar surface area (TPSA) is 94.6 Å². The largest absolute Gasteiger partial charge is 0.493 e. The van der Waals surface area contributed by atoms with Gasteiger partial charge in [0.2, 0.25) is 0 Å². The molecule has 27 heavy (non-hydrogen) atoms. The van der Waals surface area contributed by atoms with Gasteiger partial charge in [0, 0.05) is 0 Å². The summed E-state index contributed by atoms with van der Waals surface area (Å²) < 4.78 is 11.4. The van der Waals surface area contributed by atoms with E-state index < -0.39 is 0 Å². The SMILES string of the molecule is COc1cc(C(NN)NN)ccc1OCc1ccc(-c2ccccc2)cc1. The first-order valence-corrected chi connectivity index (χ1v) is 8.62. The number of hydrazine groups is 2. The number of methoxy groups -OCH3 is 1. The molecule has 0 fully saturated rings. The van der Waals surface area contributed by atoms with Gasteiger partial charge in [-0.2, -0.15) is 0 Å². The summed E-state index contributed by atoms with van der Waals surface area (Å²) in [6.45, 7) is 0.443. The van der Waals surface area contributed by atoms with E-state index in [4.69, 9.17) is 21.2 Å². The van der Waals surface area contributed by atoms with Crippen molar-refractivity contribution in [3.05, 3.63) is 83.9 Å². The maximum atomic E-state index is 5.93. The van der Waals surface area contributed by atoms with Gasteiger partial charge >= 0.3 is 0 Å². The van der Waals surface area contributed by atoms with Crippen molar-refractivity contribution in [3.8, 4) is 22.6 Å². The quantitative estimate of drug-likeness (QED) is 0.279. The number of rotatable bonds is 8. The van der Waals surface area contributed by atoms with Gasteiger partial charge in [-0.1, -0.05) is 60.7 Å². The van der Waals surface area contributed by atoms with E-state index in [2.05, 4.69) is 47.2 Å². The Bertz CT molecular complexity index is 850. The van der Waals surface area contributed by atoms with Crippen LogP contribution in [-0.2, 0) is 6.61 Å². The van der Waals surface area contributed by atoms with Crippen molar-refractivity contribution in [1.82, 2.24) is 10.9 Å². The lowest BCUT2D eigenvalue weighted by Crippen LogP contribution is -2.41. The van der Waals surface area contributed by atoms with E-state index in [1.54, 1.807) is 7.11 Å². The van der Waals surface area contributed by atoms with Crippen molar-refractivity contribution in [2.24, 2.45) is 11.7 Å². The van der Waals surface area contributed by atoms with Crippen LogP contribution < -0.4 is 32.0 Å². The molecule has 140 valence electrons. The van der Waals surface area contributed by atoms with E-state index in [-0.39, 0.29) is 6.17 Å². The van der Waals surface area contributed by atoms with Crippen LogP contribution in [0.1, 0.15) is 17.3 Å². The maximum absolute atomic E-state index is 5.93. The number of hydrogen-bond acceptors (Lipinski definition) is 6. The smallest absolute Gasteiger partial charge is 0.161 e. The molecule has 0 bridgehead atoms. The lowest BCUT2D eigenvalue weighted by molar-refractivity contribution is 0.284. The fourth-order valence-electron chi connectivity index (χ4n) is 2.81. The first-order valence-electron chi connectivity index (χ1n) is 8.62. The van der Waals surface area contributed by atoms with Gasteiger partial charge in [-0.05, 0) is 34.4 Å². The molecule has 0 aliphatic carbocycles. The van der Waals surface area contributed by atoms with Crippen LogP contribution in [0.4, 0.5) is 0 Å². The summed E-state index contributed by atoms with van der Waals surface area (Å²) >= 11 is 0. The summed E-state index contributed by atoms with van der Waals surface area (Å²) in [5, 5.41) is 0. The van der Waals surface area contributed by atoms with Crippen molar-refractivity contribution in [1.29, 1.82) is 0 Å². The summed E-state index contributed by atoms with van der Waals surface area (Å²) in [4.78, 5) is 0. The molecule has 0 saturated carbocycles. The van der Waals surface area contributed by atoms with Crippen LogP contribution in [0.5, 0.6) is 11.5 Å². The minimum Gasteiger partial charge on any atom is -0.493 e. The Hall–Kier alpha value is -2.90. The molecule has 0 heterocycles. The summed E-state index contributed by atoms with van der Waals surface area (Å²) in [6.07, 6.45) is -0.376. The predicted octanol–water partition coefficient (Wildman–Crippen LogP) is 2.87. The molecule has 0 amide bonds. The molecule has 6 nitrogen and oxygen atoms in total. The molecule has 6 heteroatoms. The van der Waals surface area contributed by atoms with Gasteiger partial charge in [-0.3, -0.25) is 11.7 Å². The Morgan fingerprint density at radius 2 is 1.48 bits per heavy atom. The van der Waals surface area contributed by atoms with Gasteiger partial charge in [0.05, 0.1) is 7.11 Å². The minimum absolute atomic E-state index is 0.376.